The summed E-state index contributed by atoms with van der Waals surface area (Å²) >= 11 is 5.43. The van der Waals surface area contributed by atoms with E-state index in [0.717, 1.165) is 0 Å². The van der Waals surface area contributed by atoms with Crippen LogP contribution in [0.5, 0.6) is 0 Å². The van der Waals surface area contributed by atoms with Crippen molar-refractivity contribution in [2.24, 2.45) is 10.3 Å². The van der Waals surface area contributed by atoms with Crippen LogP contribution in [0.4, 0.5) is 4.79 Å². The van der Waals surface area contributed by atoms with E-state index in [9.17, 15) is 4.79 Å². The number of rotatable bonds is 0. The molecule has 1 amide bonds. The first-order chi connectivity index (χ1) is 4.22. The van der Waals surface area contributed by atoms with Crippen molar-refractivity contribution in [1.29, 1.82) is 0 Å². The normalized spacial score (nSPS) is 25.0. The third-order valence-corrected chi connectivity index (χ3v) is 1.18. The number of carboxylic acid groups (broad SMARTS) is 1. The van der Waals surface area contributed by atoms with Gasteiger partial charge in [0.15, 0.2) is 5.50 Å². The Kier molecular flexibility index (Phi) is 1.52. The van der Waals surface area contributed by atoms with Gasteiger partial charge in [-0.3, -0.25) is 0 Å². The molecule has 0 saturated carbocycles. The van der Waals surface area contributed by atoms with Gasteiger partial charge in [0.05, 0.1) is 6.54 Å². The predicted octanol–water partition coefficient (Wildman–Crippen LogP) is 0.912. The summed E-state index contributed by atoms with van der Waals surface area (Å²) in [6, 6.07) is 0. The molecule has 1 aliphatic rings. The van der Waals surface area contributed by atoms with Crippen LogP contribution in [0.2, 0.25) is 0 Å². The Morgan fingerprint density at radius 1 is 1.89 bits per heavy atom. The number of amides is 1. The van der Waals surface area contributed by atoms with Gasteiger partial charge in [0.2, 0.25) is 0 Å². The summed E-state index contributed by atoms with van der Waals surface area (Å²) in [6.07, 6.45) is -1.17. The lowest BCUT2D eigenvalue weighted by Crippen LogP contribution is -2.28. The van der Waals surface area contributed by atoms with Crippen LogP contribution in [0.1, 0.15) is 0 Å². The van der Waals surface area contributed by atoms with E-state index < -0.39 is 11.6 Å². The maximum absolute atomic E-state index is 10.1. The summed E-state index contributed by atoms with van der Waals surface area (Å²) in [5.41, 5.74) is -0.623. The fraction of sp³-hybridized carbons (Fsp3) is 0.667. The molecule has 0 fully saturated rings. The third kappa shape index (κ3) is 1.10. The Labute approximate surface area is 55.9 Å². The van der Waals surface area contributed by atoms with Gasteiger partial charge in [0.25, 0.3) is 0 Å². The Hall–Kier alpha value is -0.840. The Bertz CT molecular complexity index is 159. The molecule has 6 heteroatoms. The highest BCUT2D eigenvalue weighted by Crippen LogP contribution is 2.12. The van der Waals surface area contributed by atoms with Gasteiger partial charge in [0.1, 0.15) is 0 Å². The molecule has 0 saturated heterocycles. The smallest absolute Gasteiger partial charge is 0.430 e. The van der Waals surface area contributed by atoms with Crippen molar-refractivity contribution in [2.75, 3.05) is 6.54 Å². The van der Waals surface area contributed by atoms with E-state index in [2.05, 4.69) is 10.3 Å². The molecule has 1 unspecified atom stereocenters. The SMILES string of the molecule is O=C(O)N1N=NCC1Cl. The molecule has 0 aliphatic carbocycles. The van der Waals surface area contributed by atoms with Gasteiger partial charge in [-0.1, -0.05) is 16.8 Å². The van der Waals surface area contributed by atoms with Crippen molar-refractivity contribution < 1.29 is 9.90 Å². The van der Waals surface area contributed by atoms with Gasteiger partial charge in [-0.2, -0.15) is 10.1 Å². The zero-order valence-electron chi connectivity index (χ0n) is 4.36. The molecule has 0 aromatic rings. The van der Waals surface area contributed by atoms with Crippen molar-refractivity contribution in [3.8, 4) is 0 Å². The standard InChI is InChI=1S/C3H4ClN3O2/c4-2-1-5-6-7(2)3(8)9/h2H,1H2,(H,8,9). The fourth-order valence-electron chi connectivity index (χ4n) is 0.463. The second-order valence-electron chi connectivity index (χ2n) is 1.48. The minimum atomic E-state index is -1.17. The average molecular weight is 150 g/mol. The van der Waals surface area contributed by atoms with Crippen molar-refractivity contribution in [3.05, 3.63) is 0 Å². The number of carbonyl (C=O) groups is 1. The minimum absolute atomic E-state index is 0.244. The molecule has 5 nitrogen and oxygen atoms in total. The molecule has 1 aliphatic heterocycles. The van der Waals surface area contributed by atoms with Crippen LogP contribution < -0.4 is 0 Å². The Morgan fingerprint density at radius 3 is 2.78 bits per heavy atom. The first-order valence-electron chi connectivity index (χ1n) is 2.25. The van der Waals surface area contributed by atoms with E-state index in [4.69, 9.17) is 16.7 Å². The molecule has 0 bridgehead atoms. The van der Waals surface area contributed by atoms with Crippen LogP contribution in [0.15, 0.2) is 10.3 Å². The van der Waals surface area contributed by atoms with E-state index in [1.807, 2.05) is 0 Å². The van der Waals surface area contributed by atoms with E-state index in [1.54, 1.807) is 0 Å². The monoisotopic (exact) mass is 149 g/mol. The second kappa shape index (κ2) is 2.18. The van der Waals surface area contributed by atoms with Crippen molar-refractivity contribution in [2.45, 2.75) is 5.50 Å². The summed E-state index contributed by atoms with van der Waals surface area (Å²) in [5.74, 6) is 0. The Morgan fingerprint density at radius 2 is 2.56 bits per heavy atom. The van der Waals surface area contributed by atoms with Crippen molar-refractivity contribution in [3.63, 3.8) is 0 Å². The predicted molar refractivity (Wildman–Crippen MR) is 29.2 cm³/mol. The van der Waals surface area contributed by atoms with Crippen LogP contribution in [-0.4, -0.2) is 28.3 Å². The first-order valence-corrected chi connectivity index (χ1v) is 2.69. The molecule has 1 heterocycles. The second-order valence-corrected chi connectivity index (χ2v) is 1.98. The summed E-state index contributed by atoms with van der Waals surface area (Å²) < 4.78 is 0. The van der Waals surface area contributed by atoms with Gasteiger partial charge in [-0.15, -0.1) is 0 Å². The maximum atomic E-state index is 10.1. The fourth-order valence-corrected chi connectivity index (χ4v) is 0.648. The highest BCUT2D eigenvalue weighted by molar-refractivity contribution is 6.21. The lowest BCUT2D eigenvalue weighted by atomic mass is 10.6. The average Bonchev–Trinajstić information content (AvgIpc) is 2.13. The van der Waals surface area contributed by atoms with E-state index in [0.29, 0.717) is 5.01 Å². The molecule has 50 valence electrons. The molecule has 1 N–H and O–H groups in total. The number of nitrogens with zero attached hydrogens (tertiary/aromatic N) is 3. The zero-order chi connectivity index (χ0) is 6.85. The third-order valence-electron chi connectivity index (χ3n) is 0.853. The highest BCUT2D eigenvalue weighted by Gasteiger charge is 2.24. The van der Waals surface area contributed by atoms with E-state index >= 15 is 0 Å². The summed E-state index contributed by atoms with van der Waals surface area (Å²) in [5, 5.41) is 15.6. The van der Waals surface area contributed by atoms with Crippen molar-refractivity contribution in [1.82, 2.24) is 5.01 Å². The number of hydrogen-bond acceptors (Lipinski definition) is 3. The van der Waals surface area contributed by atoms with Crippen LogP contribution in [-0.2, 0) is 0 Å². The summed E-state index contributed by atoms with van der Waals surface area (Å²) in [6.45, 7) is 0.244. The minimum Gasteiger partial charge on any atom is -0.464 e. The van der Waals surface area contributed by atoms with Gasteiger partial charge in [-0.25, -0.2) is 4.79 Å². The molecule has 0 spiro atoms. The highest BCUT2D eigenvalue weighted by atomic mass is 35.5. The number of halogens is 1. The van der Waals surface area contributed by atoms with Crippen LogP contribution in [0.3, 0.4) is 0 Å². The van der Waals surface area contributed by atoms with E-state index in [-0.39, 0.29) is 6.54 Å². The first kappa shape index (κ1) is 6.28. The topological polar surface area (TPSA) is 65.3 Å². The molecule has 1 rings (SSSR count). The molecular formula is C3H4ClN3O2. The Balaban J connectivity index is 2.59. The van der Waals surface area contributed by atoms with Crippen LogP contribution in [0, 0.1) is 0 Å². The van der Waals surface area contributed by atoms with Crippen LogP contribution in [0.25, 0.3) is 0 Å². The number of alkyl halides is 1. The molecule has 1 atom stereocenters. The summed E-state index contributed by atoms with van der Waals surface area (Å²) in [4.78, 5) is 10.1. The van der Waals surface area contributed by atoms with E-state index in [1.165, 1.54) is 0 Å². The zero-order valence-corrected chi connectivity index (χ0v) is 5.12. The van der Waals surface area contributed by atoms with Gasteiger partial charge >= 0.3 is 6.09 Å². The molecule has 0 aromatic heterocycles. The quantitative estimate of drug-likeness (QED) is 0.411. The van der Waals surface area contributed by atoms with Gasteiger partial charge in [-0.05, 0) is 0 Å². The maximum Gasteiger partial charge on any atom is 0.430 e. The molecular weight excluding hydrogens is 146 g/mol. The van der Waals surface area contributed by atoms with Crippen molar-refractivity contribution >= 4 is 17.7 Å². The number of hydrogen-bond donors (Lipinski definition) is 1. The van der Waals surface area contributed by atoms with Gasteiger partial charge in [0, 0.05) is 0 Å². The summed E-state index contributed by atoms with van der Waals surface area (Å²) in [7, 11) is 0. The molecule has 9 heavy (non-hydrogen) atoms. The molecule has 0 radical (unpaired) electrons. The largest absolute Gasteiger partial charge is 0.464 e. The van der Waals surface area contributed by atoms with Gasteiger partial charge < -0.3 is 5.11 Å². The molecule has 0 aromatic carbocycles. The van der Waals surface area contributed by atoms with Crippen LogP contribution >= 0.6 is 11.6 Å². The lowest BCUT2D eigenvalue weighted by Gasteiger charge is -2.07. The lowest BCUT2D eigenvalue weighted by molar-refractivity contribution is 0.147.